The zero-order valence-electron chi connectivity index (χ0n) is 11.8. The lowest BCUT2D eigenvalue weighted by Gasteiger charge is -2.10. The first-order valence-electron chi connectivity index (χ1n) is 6.62. The van der Waals surface area contributed by atoms with Crippen molar-refractivity contribution in [2.75, 3.05) is 0 Å². The summed E-state index contributed by atoms with van der Waals surface area (Å²) in [6, 6.07) is 9.17. The molecule has 4 nitrogen and oxygen atoms in total. The van der Waals surface area contributed by atoms with E-state index in [0.717, 1.165) is 22.2 Å². The molecule has 3 aromatic rings. The van der Waals surface area contributed by atoms with Gasteiger partial charge in [-0.2, -0.15) is 0 Å². The molecule has 2 heterocycles. The van der Waals surface area contributed by atoms with E-state index in [0.29, 0.717) is 11.1 Å². The molecule has 0 spiro atoms. The molecule has 21 heavy (non-hydrogen) atoms. The van der Waals surface area contributed by atoms with Crippen LogP contribution in [0, 0.1) is 13.8 Å². The third-order valence-electron chi connectivity index (χ3n) is 3.44. The Labute approximate surface area is 122 Å². The number of rotatable bonds is 2. The molecule has 1 N–H and O–H groups in total. The van der Waals surface area contributed by atoms with E-state index >= 15 is 0 Å². The van der Waals surface area contributed by atoms with E-state index in [4.69, 9.17) is 0 Å². The fourth-order valence-electron chi connectivity index (χ4n) is 2.52. The average Bonchev–Trinajstić information content (AvgIpc) is 2.47. The molecule has 0 amide bonds. The average molecular weight is 278 g/mol. The maximum atomic E-state index is 11.6. The van der Waals surface area contributed by atoms with E-state index < -0.39 is 5.97 Å². The van der Waals surface area contributed by atoms with Crippen molar-refractivity contribution in [3.8, 4) is 11.3 Å². The quantitative estimate of drug-likeness (QED) is 0.777. The number of nitrogens with zero attached hydrogens (tertiary/aromatic N) is 2. The topological polar surface area (TPSA) is 63.1 Å². The number of fused-ring (bicyclic) bond motifs is 1. The SMILES string of the molecule is Cc1cc(C)c2nc(-c3cccnc3)cc(C(=O)O)c2c1. The minimum atomic E-state index is -0.947. The van der Waals surface area contributed by atoms with E-state index in [1.807, 2.05) is 38.1 Å². The normalized spacial score (nSPS) is 10.8. The van der Waals surface area contributed by atoms with Crippen molar-refractivity contribution >= 4 is 16.9 Å². The molecule has 2 aromatic heterocycles. The number of carboxylic acids is 1. The Balaban J connectivity index is 2.38. The van der Waals surface area contributed by atoms with Crippen LogP contribution in [0.1, 0.15) is 21.5 Å². The van der Waals surface area contributed by atoms with Gasteiger partial charge in [0, 0.05) is 23.3 Å². The lowest BCUT2D eigenvalue weighted by Crippen LogP contribution is -2.01. The Morgan fingerprint density at radius 1 is 1.19 bits per heavy atom. The standard InChI is InChI=1S/C17H14N2O2/c1-10-6-11(2)16-13(7-10)14(17(20)21)8-15(19-16)12-4-3-5-18-9-12/h3-9H,1-2H3,(H,20,21). The zero-order valence-corrected chi connectivity index (χ0v) is 11.8. The summed E-state index contributed by atoms with van der Waals surface area (Å²) >= 11 is 0. The van der Waals surface area contributed by atoms with Gasteiger partial charge in [-0.1, -0.05) is 11.6 Å². The number of carboxylic acid groups (broad SMARTS) is 1. The van der Waals surface area contributed by atoms with Gasteiger partial charge in [-0.25, -0.2) is 9.78 Å². The van der Waals surface area contributed by atoms with Gasteiger partial charge in [0.15, 0.2) is 0 Å². The van der Waals surface area contributed by atoms with Crippen LogP contribution in [0.2, 0.25) is 0 Å². The molecule has 0 unspecified atom stereocenters. The van der Waals surface area contributed by atoms with Gasteiger partial charge >= 0.3 is 5.97 Å². The Hall–Kier alpha value is -2.75. The first-order chi connectivity index (χ1) is 10.1. The number of aromatic nitrogens is 2. The van der Waals surface area contributed by atoms with Crippen LogP contribution in [0.4, 0.5) is 0 Å². The van der Waals surface area contributed by atoms with Crippen molar-refractivity contribution in [2.45, 2.75) is 13.8 Å². The third kappa shape index (κ3) is 2.36. The van der Waals surface area contributed by atoms with E-state index in [1.165, 1.54) is 0 Å². The molecule has 0 saturated carbocycles. The number of aromatic carboxylic acids is 1. The van der Waals surface area contributed by atoms with E-state index in [-0.39, 0.29) is 5.56 Å². The maximum absolute atomic E-state index is 11.6. The molecule has 0 aliphatic carbocycles. The number of hydrogen-bond acceptors (Lipinski definition) is 3. The predicted molar refractivity (Wildman–Crippen MR) is 81.4 cm³/mol. The summed E-state index contributed by atoms with van der Waals surface area (Å²) in [5.74, 6) is -0.947. The van der Waals surface area contributed by atoms with Crippen LogP contribution in [0.5, 0.6) is 0 Å². The van der Waals surface area contributed by atoms with Gasteiger partial charge in [-0.15, -0.1) is 0 Å². The summed E-state index contributed by atoms with van der Waals surface area (Å²) in [6.45, 7) is 3.90. The molecule has 0 saturated heterocycles. The van der Waals surface area contributed by atoms with Gasteiger partial charge in [0.25, 0.3) is 0 Å². The number of pyridine rings is 2. The number of carbonyl (C=O) groups is 1. The molecular formula is C17H14N2O2. The number of benzene rings is 1. The van der Waals surface area contributed by atoms with Gasteiger partial charge < -0.3 is 5.11 Å². The first-order valence-corrected chi connectivity index (χ1v) is 6.62. The minimum absolute atomic E-state index is 0.269. The second-order valence-corrected chi connectivity index (χ2v) is 5.08. The highest BCUT2D eigenvalue weighted by Crippen LogP contribution is 2.27. The lowest BCUT2D eigenvalue weighted by atomic mass is 10.0. The van der Waals surface area contributed by atoms with Gasteiger partial charge in [0.1, 0.15) is 0 Å². The molecule has 0 radical (unpaired) electrons. The highest BCUT2D eigenvalue weighted by atomic mass is 16.4. The monoisotopic (exact) mass is 278 g/mol. The lowest BCUT2D eigenvalue weighted by molar-refractivity contribution is 0.0699. The summed E-state index contributed by atoms with van der Waals surface area (Å²) in [5, 5.41) is 10.2. The Morgan fingerprint density at radius 2 is 2.00 bits per heavy atom. The fraction of sp³-hybridized carbons (Fsp3) is 0.118. The Morgan fingerprint density at radius 3 is 2.67 bits per heavy atom. The second kappa shape index (κ2) is 4.98. The molecule has 104 valence electrons. The molecular weight excluding hydrogens is 264 g/mol. The smallest absolute Gasteiger partial charge is 0.336 e. The fourth-order valence-corrected chi connectivity index (χ4v) is 2.52. The predicted octanol–water partition coefficient (Wildman–Crippen LogP) is 3.61. The van der Waals surface area contributed by atoms with Crippen LogP contribution >= 0.6 is 0 Å². The molecule has 1 aromatic carbocycles. The number of aryl methyl sites for hydroxylation is 2. The summed E-state index contributed by atoms with van der Waals surface area (Å²) in [4.78, 5) is 20.3. The van der Waals surface area contributed by atoms with Crippen LogP contribution in [-0.4, -0.2) is 21.0 Å². The molecule has 3 rings (SSSR count). The van der Waals surface area contributed by atoms with Gasteiger partial charge in [-0.05, 0) is 43.7 Å². The summed E-state index contributed by atoms with van der Waals surface area (Å²) in [6.07, 6.45) is 3.36. The summed E-state index contributed by atoms with van der Waals surface area (Å²) in [5.41, 5.74) is 4.42. The highest BCUT2D eigenvalue weighted by Gasteiger charge is 2.14. The zero-order chi connectivity index (χ0) is 15.0. The minimum Gasteiger partial charge on any atom is -0.478 e. The van der Waals surface area contributed by atoms with Crippen LogP contribution < -0.4 is 0 Å². The van der Waals surface area contributed by atoms with Crippen molar-refractivity contribution in [1.29, 1.82) is 0 Å². The van der Waals surface area contributed by atoms with E-state index in [2.05, 4.69) is 9.97 Å². The molecule has 0 atom stereocenters. The van der Waals surface area contributed by atoms with Crippen LogP contribution in [0.3, 0.4) is 0 Å². The molecule has 0 fully saturated rings. The largest absolute Gasteiger partial charge is 0.478 e. The van der Waals surface area contributed by atoms with Gasteiger partial charge in [0.05, 0.1) is 16.8 Å². The second-order valence-electron chi connectivity index (χ2n) is 5.08. The molecule has 4 heteroatoms. The Kier molecular flexibility index (Phi) is 3.14. The van der Waals surface area contributed by atoms with E-state index in [1.54, 1.807) is 18.5 Å². The first kappa shape index (κ1) is 13.2. The molecule has 0 bridgehead atoms. The molecule has 0 aliphatic heterocycles. The van der Waals surface area contributed by atoms with Crippen molar-refractivity contribution < 1.29 is 9.90 Å². The number of hydrogen-bond donors (Lipinski definition) is 1. The van der Waals surface area contributed by atoms with Crippen molar-refractivity contribution in [2.24, 2.45) is 0 Å². The van der Waals surface area contributed by atoms with E-state index in [9.17, 15) is 9.90 Å². The summed E-state index contributed by atoms with van der Waals surface area (Å²) < 4.78 is 0. The van der Waals surface area contributed by atoms with Gasteiger partial charge in [0.2, 0.25) is 0 Å². The third-order valence-corrected chi connectivity index (χ3v) is 3.44. The maximum Gasteiger partial charge on any atom is 0.336 e. The highest BCUT2D eigenvalue weighted by molar-refractivity contribution is 6.04. The van der Waals surface area contributed by atoms with Gasteiger partial charge in [-0.3, -0.25) is 4.98 Å². The van der Waals surface area contributed by atoms with Crippen LogP contribution in [0.15, 0.2) is 42.7 Å². The summed E-state index contributed by atoms with van der Waals surface area (Å²) in [7, 11) is 0. The van der Waals surface area contributed by atoms with Crippen molar-refractivity contribution in [3.05, 3.63) is 59.4 Å². The van der Waals surface area contributed by atoms with Crippen molar-refractivity contribution in [3.63, 3.8) is 0 Å². The molecule has 0 aliphatic rings. The van der Waals surface area contributed by atoms with Crippen LogP contribution in [-0.2, 0) is 0 Å². The van der Waals surface area contributed by atoms with Crippen LogP contribution in [0.25, 0.3) is 22.2 Å². The van der Waals surface area contributed by atoms with Crippen molar-refractivity contribution in [1.82, 2.24) is 9.97 Å². The Bertz CT molecular complexity index is 842.